The van der Waals surface area contributed by atoms with Crippen molar-refractivity contribution in [3.63, 3.8) is 0 Å². The van der Waals surface area contributed by atoms with Crippen molar-refractivity contribution in [2.75, 3.05) is 25.5 Å². The first kappa shape index (κ1) is 21.8. The molecule has 0 atom stereocenters. The van der Waals surface area contributed by atoms with Crippen molar-refractivity contribution in [2.24, 2.45) is 0 Å². The van der Waals surface area contributed by atoms with Gasteiger partial charge in [-0.2, -0.15) is 0 Å². The van der Waals surface area contributed by atoms with Gasteiger partial charge in [-0.3, -0.25) is 9.59 Å². The van der Waals surface area contributed by atoms with E-state index in [-0.39, 0.29) is 18.0 Å². The van der Waals surface area contributed by atoms with Gasteiger partial charge < -0.3 is 14.8 Å². The summed E-state index contributed by atoms with van der Waals surface area (Å²) >= 11 is 6.04. The molecule has 1 amide bonds. The zero-order chi connectivity index (χ0) is 21.7. The molecule has 0 aliphatic carbocycles. The van der Waals surface area contributed by atoms with E-state index in [1.807, 2.05) is 25.9 Å². The molecular formula is C23H27ClN4O2. The minimum atomic E-state index is -0.225. The smallest absolute Gasteiger partial charge is 0.258 e. The largest absolute Gasteiger partial charge is 0.378 e. The number of nitrogens with zero attached hydrogens (tertiary/aromatic N) is 3. The Balaban J connectivity index is 1.71. The summed E-state index contributed by atoms with van der Waals surface area (Å²) in [6.45, 7) is 2.90. The molecule has 0 aliphatic heterocycles. The fourth-order valence-corrected chi connectivity index (χ4v) is 3.52. The van der Waals surface area contributed by atoms with Gasteiger partial charge in [-0.05, 0) is 48.7 Å². The Morgan fingerprint density at radius 3 is 2.53 bits per heavy atom. The SMILES string of the molecule is CCCN(Cc1nc2cc(Cl)ccc2c(=O)[nH]1)C(=O)CCc1ccc(N(C)C)cc1. The molecule has 0 saturated carbocycles. The summed E-state index contributed by atoms with van der Waals surface area (Å²) in [6, 6.07) is 13.2. The van der Waals surface area contributed by atoms with Crippen LogP contribution in [0.3, 0.4) is 0 Å². The van der Waals surface area contributed by atoms with Crippen molar-refractivity contribution in [3.8, 4) is 0 Å². The van der Waals surface area contributed by atoms with Crippen LogP contribution in [0.1, 0.15) is 31.2 Å². The number of aromatic amines is 1. The predicted molar refractivity (Wildman–Crippen MR) is 122 cm³/mol. The van der Waals surface area contributed by atoms with Crippen LogP contribution >= 0.6 is 11.6 Å². The summed E-state index contributed by atoms with van der Waals surface area (Å²) in [5.41, 5.74) is 2.56. The summed E-state index contributed by atoms with van der Waals surface area (Å²) in [5, 5.41) is 1.01. The Labute approximate surface area is 181 Å². The third-order valence-electron chi connectivity index (χ3n) is 4.98. The number of carbonyl (C=O) groups excluding carboxylic acids is 1. The van der Waals surface area contributed by atoms with Gasteiger partial charge in [0.1, 0.15) is 5.82 Å². The van der Waals surface area contributed by atoms with Gasteiger partial charge in [-0.25, -0.2) is 4.98 Å². The lowest BCUT2D eigenvalue weighted by molar-refractivity contribution is -0.131. The van der Waals surface area contributed by atoms with Crippen molar-refractivity contribution in [3.05, 3.63) is 69.2 Å². The van der Waals surface area contributed by atoms with Gasteiger partial charge in [0, 0.05) is 37.8 Å². The van der Waals surface area contributed by atoms with Crippen molar-refractivity contribution in [2.45, 2.75) is 32.7 Å². The normalized spacial score (nSPS) is 10.9. The van der Waals surface area contributed by atoms with E-state index in [1.54, 1.807) is 23.1 Å². The number of carbonyl (C=O) groups is 1. The topological polar surface area (TPSA) is 69.3 Å². The van der Waals surface area contributed by atoms with Gasteiger partial charge in [-0.1, -0.05) is 30.7 Å². The Kier molecular flexibility index (Phi) is 7.11. The number of anilines is 1. The first-order chi connectivity index (χ1) is 14.4. The van der Waals surface area contributed by atoms with Crippen LogP contribution in [0.5, 0.6) is 0 Å². The van der Waals surface area contributed by atoms with E-state index < -0.39 is 0 Å². The van der Waals surface area contributed by atoms with Crippen LogP contribution in [-0.4, -0.2) is 41.4 Å². The Morgan fingerprint density at radius 2 is 1.87 bits per heavy atom. The molecule has 0 bridgehead atoms. The van der Waals surface area contributed by atoms with E-state index in [9.17, 15) is 9.59 Å². The molecule has 0 spiro atoms. The Bertz CT molecular complexity index is 1080. The number of aromatic nitrogens is 2. The summed E-state index contributed by atoms with van der Waals surface area (Å²) in [5.74, 6) is 0.509. The average Bonchev–Trinajstić information content (AvgIpc) is 2.71. The van der Waals surface area contributed by atoms with Gasteiger partial charge in [0.15, 0.2) is 0 Å². The maximum atomic E-state index is 12.9. The van der Waals surface area contributed by atoms with E-state index in [1.165, 1.54) is 0 Å². The summed E-state index contributed by atoms with van der Waals surface area (Å²) in [4.78, 5) is 36.3. The summed E-state index contributed by atoms with van der Waals surface area (Å²) < 4.78 is 0. The standard InChI is InChI=1S/C23H27ClN4O2/c1-4-13-28(22(29)12-7-16-5-9-18(10-6-16)27(2)3)15-21-25-20-14-17(24)8-11-19(20)23(30)26-21/h5-6,8-11,14H,4,7,12-13,15H2,1-3H3,(H,25,26,30). The van der Waals surface area contributed by atoms with Gasteiger partial charge in [0.2, 0.25) is 5.91 Å². The van der Waals surface area contributed by atoms with Crippen LogP contribution < -0.4 is 10.5 Å². The third-order valence-corrected chi connectivity index (χ3v) is 5.22. The van der Waals surface area contributed by atoms with Crippen LogP contribution in [0.15, 0.2) is 47.3 Å². The van der Waals surface area contributed by atoms with E-state index in [0.717, 1.165) is 17.7 Å². The van der Waals surface area contributed by atoms with Crippen molar-refractivity contribution < 1.29 is 4.79 Å². The van der Waals surface area contributed by atoms with Crippen molar-refractivity contribution in [1.82, 2.24) is 14.9 Å². The number of hydrogen-bond acceptors (Lipinski definition) is 4. The second-order valence-corrected chi connectivity index (χ2v) is 7.99. The van der Waals surface area contributed by atoms with Crippen LogP contribution in [0, 0.1) is 0 Å². The first-order valence-corrected chi connectivity index (χ1v) is 10.5. The number of fused-ring (bicyclic) bond motifs is 1. The van der Waals surface area contributed by atoms with Crippen LogP contribution in [0.4, 0.5) is 5.69 Å². The van der Waals surface area contributed by atoms with Gasteiger partial charge >= 0.3 is 0 Å². The van der Waals surface area contributed by atoms with Gasteiger partial charge in [0.05, 0.1) is 17.4 Å². The molecule has 1 aromatic heterocycles. The average molecular weight is 427 g/mol. The van der Waals surface area contributed by atoms with Crippen LogP contribution in [-0.2, 0) is 17.8 Å². The number of amides is 1. The lowest BCUT2D eigenvalue weighted by Gasteiger charge is -2.22. The molecule has 1 N–H and O–H groups in total. The maximum Gasteiger partial charge on any atom is 0.258 e. The van der Waals surface area contributed by atoms with Crippen molar-refractivity contribution in [1.29, 1.82) is 0 Å². The predicted octanol–water partition coefficient (Wildman–Crippen LogP) is 4.01. The molecule has 7 heteroatoms. The van der Waals surface area contributed by atoms with Crippen LogP contribution in [0.2, 0.25) is 5.02 Å². The summed E-state index contributed by atoms with van der Waals surface area (Å²) in [7, 11) is 4.00. The maximum absolute atomic E-state index is 12.9. The molecule has 158 valence electrons. The molecule has 0 fully saturated rings. The highest BCUT2D eigenvalue weighted by Gasteiger charge is 2.15. The Morgan fingerprint density at radius 1 is 1.13 bits per heavy atom. The monoisotopic (exact) mass is 426 g/mol. The fraction of sp³-hybridized carbons (Fsp3) is 0.348. The van der Waals surface area contributed by atoms with Crippen LogP contribution in [0.25, 0.3) is 10.9 Å². The highest BCUT2D eigenvalue weighted by Crippen LogP contribution is 2.16. The van der Waals surface area contributed by atoms with Crippen molar-refractivity contribution >= 4 is 34.1 Å². The first-order valence-electron chi connectivity index (χ1n) is 10.1. The molecule has 0 aliphatic rings. The number of hydrogen-bond donors (Lipinski definition) is 1. The second kappa shape index (κ2) is 9.76. The molecule has 0 unspecified atom stereocenters. The van der Waals surface area contributed by atoms with E-state index >= 15 is 0 Å². The third kappa shape index (κ3) is 5.39. The minimum absolute atomic E-state index is 0.0439. The number of H-pyrrole nitrogens is 1. The zero-order valence-electron chi connectivity index (χ0n) is 17.6. The number of halogens is 1. The quantitative estimate of drug-likeness (QED) is 0.590. The minimum Gasteiger partial charge on any atom is -0.378 e. The molecule has 2 aromatic carbocycles. The second-order valence-electron chi connectivity index (χ2n) is 7.55. The lowest BCUT2D eigenvalue weighted by atomic mass is 10.1. The summed E-state index contributed by atoms with van der Waals surface area (Å²) in [6.07, 6.45) is 1.90. The molecule has 0 saturated heterocycles. The molecule has 3 aromatic rings. The van der Waals surface area contributed by atoms with E-state index in [2.05, 4.69) is 34.2 Å². The number of rotatable bonds is 8. The lowest BCUT2D eigenvalue weighted by Crippen LogP contribution is -2.33. The molecule has 6 nitrogen and oxygen atoms in total. The molecule has 0 radical (unpaired) electrons. The molecule has 1 heterocycles. The Hall–Kier alpha value is -2.86. The molecular weight excluding hydrogens is 400 g/mol. The molecule has 3 rings (SSSR count). The highest BCUT2D eigenvalue weighted by molar-refractivity contribution is 6.31. The van der Waals surface area contributed by atoms with Gasteiger partial charge in [0.25, 0.3) is 5.56 Å². The molecule has 30 heavy (non-hydrogen) atoms. The van der Waals surface area contributed by atoms with E-state index in [4.69, 9.17) is 11.6 Å². The van der Waals surface area contributed by atoms with E-state index in [0.29, 0.717) is 41.1 Å². The zero-order valence-corrected chi connectivity index (χ0v) is 18.4. The number of nitrogens with one attached hydrogen (secondary N) is 1. The van der Waals surface area contributed by atoms with Gasteiger partial charge in [-0.15, -0.1) is 0 Å². The number of benzene rings is 2. The highest BCUT2D eigenvalue weighted by atomic mass is 35.5. The number of aryl methyl sites for hydroxylation is 1. The fourth-order valence-electron chi connectivity index (χ4n) is 3.35.